The molecule has 4 aromatic rings. The number of benzene rings is 1. The van der Waals surface area contributed by atoms with Crippen LogP contribution in [0.4, 0.5) is 17.6 Å². The Morgan fingerprint density at radius 3 is 2.51 bits per heavy atom. The van der Waals surface area contributed by atoms with Gasteiger partial charge in [0, 0.05) is 25.9 Å². The number of hydrogen-bond acceptors (Lipinski definition) is 6. The number of imidazole rings is 1. The van der Waals surface area contributed by atoms with Crippen molar-refractivity contribution in [3.63, 3.8) is 0 Å². The predicted molar refractivity (Wildman–Crippen MR) is 117 cm³/mol. The molecule has 0 amide bonds. The first kappa shape index (κ1) is 24.6. The van der Waals surface area contributed by atoms with Gasteiger partial charge in [0.25, 0.3) is 5.56 Å². The van der Waals surface area contributed by atoms with E-state index in [9.17, 15) is 27.2 Å². The quantitative estimate of drug-likeness (QED) is 0.271. The Labute approximate surface area is 199 Å². The number of fused-ring (bicyclic) bond motifs is 1. The van der Waals surface area contributed by atoms with Crippen LogP contribution in [0.2, 0.25) is 5.28 Å². The van der Waals surface area contributed by atoms with E-state index >= 15 is 0 Å². The maximum absolute atomic E-state index is 13.8. The number of aromatic amines is 1. The van der Waals surface area contributed by atoms with Crippen LogP contribution in [0.15, 0.2) is 33.9 Å². The molecule has 0 saturated heterocycles. The van der Waals surface area contributed by atoms with Gasteiger partial charge in [0.2, 0.25) is 5.28 Å². The van der Waals surface area contributed by atoms with E-state index in [0.29, 0.717) is 11.4 Å². The molecule has 15 heteroatoms. The summed E-state index contributed by atoms with van der Waals surface area (Å²) < 4.78 is 53.4. The van der Waals surface area contributed by atoms with Crippen LogP contribution >= 0.6 is 11.6 Å². The second-order valence-electron chi connectivity index (χ2n) is 7.76. The van der Waals surface area contributed by atoms with E-state index < -0.39 is 23.8 Å². The molecule has 1 aromatic carbocycles. The standard InChI is InChI=1S/C20H19ClF4N8O2/c21-18-26-15-16(27-18)31(8-3-7-20(23,24)25)19(35)32(17(15)34)9-4-10-33-29-14(28-30-33)11-12-5-1-2-6-13(12)22/h1-2,5-6H,3-4,7-11H2,(H,26,27). The zero-order chi connectivity index (χ0) is 25.2. The van der Waals surface area contributed by atoms with E-state index in [0.717, 1.165) is 9.13 Å². The zero-order valence-corrected chi connectivity index (χ0v) is 18.9. The van der Waals surface area contributed by atoms with E-state index in [4.69, 9.17) is 11.6 Å². The minimum Gasteiger partial charge on any atom is -0.323 e. The number of H-pyrrole nitrogens is 1. The van der Waals surface area contributed by atoms with Gasteiger partial charge in [0.05, 0.1) is 6.54 Å². The molecule has 0 aliphatic rings. The molecule has 0 spiro atoms. The van der Waals surface area contributed by atoms with E-state index in [1.54, 1.807) is 18.2 Å². The van der Waals surface area contributed by atoms with Crippen molar-refractivity contribution in [2.75, 3.05) is 0 Å². The molecule has 0 aliphatic carbocycles. The molecule has 3 heterocycles. The molecule has 0 bridgehead atoms. The fraction of sp³-hybridized carbons (Fsp3) is 0.400. The van der Waals surface area contributed by atoms with Crippen molar-refractivity contribution in [1.29, 1.82) is 0 Å². The lowest BCUT2D eigenvalue weighted by Crippen LogP contribution is -2.40. The number of nitrogens with one attached hydrogen (secondary N) is 1. The smallest absolute Gasteiger partial charge is 0.323 e. The van der Waals surface area contributed by atoms with Crippen LogP contribution in [0.25, 0.3) is 11.2 Å². The highest BCUT2D eigenvalue weighted by Gasteiger charge is 2.27. The van der Waals surface area contributed by atoms with Crippen molar-refractivity contribution >= 4 is 22.8 Å². The highest BCUT2D eigenvalue weighted by Crippen LogP contribution is 2.22. The van der Waals surface area contributed by atoms with Gasteiger partial charge >= 0.3 is 11.9 Å². The minimum atomic E-state index is -4.38. The predicted octanol–water partition coefficient (Wildman–Crippen LogP) is 2.69. The van der Waals surface area contributed by atoms with Gasteiger partial charge < -0.3 is 4.98 Å². The van der Waals surface area contributed by atoms with Gasteiger partial charge in [-0.2, -0.15) is 23.0 Å². The molecule has 3 aromatic heterocycles. The van der Waals surface area contributed by atoms with Crippen molar-refractivity contribution < 1.29 is 17.6 Å². The first-order valence-electron chi connectivity index (χ1n) is 10.6. The Balaban J connectivity index is 1.48. The van der Waals surface area contributed by atoms with Crippen molar-refractivity contribution in [2.45, 2.75) is 51.5 Å². The largest absolute Gasteiger partial charge is 0.389 e. The van der Waals surface area contributed by atoms with E-state index in [1.807, 2.05) is 0 Å². The average molecular weight is 515 g/mol. The fourth-order valence-electron chi connectivity index (χ4n) is 3.60. The Kier molecular flexibility index (Phi) is 7.00. The molecular weight excluding hydrogens is 496 g/mol. The third-order valence-corrected chi connectivity index (χ3v) is 5.39. The Hall–Kier alpha value is -3.55. The molecule has 4 rings (SSSR count). The molecule has 0 atom stereocenters. The second kappa shape index (κ2) is 9.98. The van der Waals surface area contributed by atoms with Gasteiger partial charge in [-0.25, -0.2) is 9.18 Å². The van der Waals surface area contributed by atoms with Gasteiger partial charge in [0.15, 0.2) is 17.0 Å². The summed E-state index contributed by atoms with van der Waals surface area (Å²) >= 11 is 5.83. The van der Waals surface area contributed by atoms with Crippen molar-refractivity contribution in [3.05, 3.63) is 67.6 Å². The highest BCUT2D eigenvalue weighted by molar-refractivity contribution is 6.28. The highest BCUT2D eigenvalue weighted by atomic mass is 35.5. The van der Waals surface area contributed by atoms with Gasteiger partial charge in [-0.3, -0.25) is 13.9 Å². The van der Waals surface area contributed by atoms with Crippen LogP contribution in [0.3, 0.4) is 0 Å². The number of alkyl halides is 3. The van der Waals surface area contributed by atoms with Gasteiger partial charge in [0.1, 0.15) is 5.82 Å². The summed E-state index contributed by atoms with van der Waals surface area (Å²) in [4.78, 5) is 33.4. The fourth-order valence-corrected chi connectivity index (χ4v) is 3.77. The Bertz CT molecular complexity index is 1460. The van der Waals surface area contributed by atoms with Crippen LogP contribution < -0.4 is 11.2 Å². The summed E-state index contributed by atoms with van der Waals surface area (Å²) in [7, 11) is 0. The monoisotopic (exact) mass is 514 g/mol. The summed E-state index contributed by atoms with van der Waals surface area (Å²) in [5.74, 6) is -0.0863. The maximum atomic E-state index is 13.8. The van der Waals surface area contributed by atoms with Crippen LogP contribution in [0, 0.1) is 5.82 Å². The summed E-state index contributed by atoms with van der Waals surface area (Å²) in [6.45, 7) is -0.167. The molecule has 0 radical (unpaired) electrons. The number of hydrogen-bond donors (Lipinski definition) is 1. The number of nitrogens with zero attached hydrogens (tertiary/aromatic N) is 7. The lowest BCUT2D eigenvalue weighted by Gasteiger charge is -2.12. The first-order chi connectivity index (χ1) is 16.6. The van der Waals surface area contributed by atoms with Gasteiger partial charge in [-0.05, 0) is 41.3 Å². The van der Waals surface area contributed by atoms with Crippen molar-refractivity contribution in [3.8, 4) is 0 Å². The summed E-state index contributed by atoms with van der Waals surface area (Å²) in [6, 6.07) is 6.21. The molecule has 186 valence electrons. The van der Waals surface area contributed by atoms with E-state index in [2.05, 4.69) is 25.4 Å². The molecule has 0 fully saturated rings. The third kappa shape index (κ3) is 5.75. The molecule has 10 nitrogen and oxygen atoms in total. The van der Waals surface area contributed by atoms with E-state index in [1.165, 1.54) is 10.9 Å². The van der Waals surface area contributed by atoms with Crippen LogP contribution in [-0.2, 0) is 26.1 Å². The average Bonchev–Trinajstić information content (AvgIpc) is 3.40. The molecule has 0 unspecified atom stereocenters. The Morgan fingerprint density at radius 1 is 1.03 bits per heavy atom. The van der Waals surface area contributed by atoms with E-state index in [-0.39, 0.29) is 61.2 Å². The van der Waals surface area contributed by atoms with Crippen LogP contribution in [-0.4, -0.2) is 45.5 Å². The normalized spacial score (nSPS) is 12.0. The number of rotatable bonds is 9. The third-order valence-electron chi connectivity index (χ3n) is 5.21. The van der Waals surface area contributed by atoms with Gasteiger partial charge in [-0.15, -0.1) is 10.2 Å². The molecule has 35 heavy (non-hydrogen) atoms. The number of halogens is 5. The maximum Gasteiger partial charge on any atom is 0.389 e. The second-order valence-corrected chi connectivity index (χ2v) is 8.12. The van der Waals surface area contributed by atoms with Crippen molar-refractivity contribution in [2.24, 2.45) is 0 Å². The molecule has 1 N–H and O–H groups in total. The number of aromatic nitrogens is 8. The van der Waals surface area contributed by atoms with Gasteiger partial charge in [-0.1, -0.05) is 18.2 Å². The Morgan fingerprint density at radius 2 is 1.77 bits per heavy atom. The lowest BCUT2D eigenvalue weighted by atomic mass is 10.1. The summed E-state index contributed by atoms with van der Waals surface area (Å²) in [5.41, 5.74) is -1.24. The molecular formula is C20H19ClF4N8O2. The van der Waals surface area contributed by atoms with Crippen LogP contribution in [0.1, 0.15) is 30.7 Å². The zero-order valence-electron chi connectivity index (χ0n) is 18.1. The lowest BCUT2D eigenvalue weighted by molar-refractivity contribution is -0.135. The molecule has 0 saturated carbocycles. The first-order valence-corrected chi connectivity index (χ1v) is 11.0. The SMILES string of the molecule is O=c1c2[nH]c(Cl)nc2n(CCCC(F)(F)F)c(=O)n1CCCn1nnc(Cc2ccccc2F)n1. The van der Waals surface area contributed by atoms with Crippen molar-refractivity contribution in [1.82, 2.24) is 39.3 Å². The minimum absolute atomic E-state index is 0.0618. The summed E-state index contributed by atoms with van der Waals surface area (Å²) in [5, 5.41) is 11.8. The molecule has 0 aliphatic heterocycles. The topological polar surface area (TPSA) is 116 Å². The number of aryl methyl sites for hydroxylation is 2. The number of tetrazole rings is 1. The van der Waals surface area contributed by atoms with Crippen LogP contribution in [0.5, 0.6) is 0 Å². The summed E-state index contributed by atoms with van der Waals surface area (Å²) in [6.07, 6.45) is -5.46.